The third kappa shape index (κ3) is 5.58. The highest BCUT2D eigenvalue weighted by Gasteiger charge is 2.30. The van der Waals surface area contributed by atoms with Gasteiger partial charge in [-0.2, -0.15) is 0 Å². The van der Waals surface area contributed by atoms with Crippen LogP contribution in [-0.2, 0) is 17.6 Å². The number of hydrogen-bond acceptors (Lipinski definition) is 4. The first-order valence-corrected chi connectivity index (χ1v) is 11.9. The Bertz CT molecular complexity index is 538. The summed E-state index contributed by atoms with van der Waals surface area (Å²) in [7, 11) is 0. The summed E-state index contributed by atoms with van der Waals surface area (Å²) >= 11 is 10.1. The molecule has 0 aliphatic carbocycles. The summed E-state index contributed by atoms with van der Waals surface area (Å²) in [6.45, 7) is 7.40. The van der Waals surface area contributed by atoms with Crippen LogP contribution in [0.2, 0.25) is 0 Å². The quantitative estimate of drug-likeness (QED) is 0.492. The van der Waals surface area contributed by atoms with Gasteiger partial charge in [0.1, 0.15) is 6.04 Å². The van der Waals surface area contributed by atoms with Gasteiger partial charge in [-0.25, -0.2) is 0 Å². The number of thioether (sulfide) groups is 2. The fourth-order valence-corrected chi connectivity index (χ4v) is 6.48. The van der Waals surface area contributed by atoms with E-state index in [9.17, 15) is 4.79 Å². The van der Waals surface area contributed by atoms with E-state index in [0.29, 0.717) is 4.58 Å². The monoisotopic (exact) mass is 399 g/mol. The maximum atomic E-state index is 12.3. The number of aryl methyl sites for hydroxylation is 2. The summed E-state index contributed by atoms with van der Waals surface area (Å²) < 4.78 is 0.513. The van der Waals surface area contributed by atoms with Crippen LogP contribution in [0.25, 0.3) is 0 Å². The van der Waals surface area contributed by atoms with Crippen LogP contribution in [0.3, 0.4) is 0 Å². The summed E-state index contributed by atoms with van der Waals surface area (Å²) in [6.07, 6.45) is 5.00. The number of anilines is 1. The third-order valence-corrected chi connectivity index (χ3v) is 7.85. The van der Waals surface area contributed by atoms with Crippen molar-refractivity contribution in [2.45, 2.75) is 63.5 Å². The standard InChI is InChI=1S/C20H30ClNOS2/c1-4-9-17(20(21)23)22(14-18-24-12-8-13-25-18)19-15(5-2)10-7-11-16(19)6-3/h7,10-11,17-18H,4-6,8-9,12-14H2,1-3H3. The van der Waals surface area contributed by atoms with E-state index in [-0.39, 0.29) is 11.3 Å². The normalized spacial score (nSPS) is 16.6. The van der Waals surface area contributed by atoms with Gasteiger partial charge in [0.05, 0.1) is 4.58 Å². The SMILES string of the molecule is CCCC(C(=O)Cl)N(CC1SCCCS1)c1c(CC)cccc1CC. The fourth-order valence-electron chi connectivity index (χ4n) is 3.43. The lowest BCUT2D eigenvalue weighted by atomic mass is 9.99. The van der Waals surface area contributed by atoms with Crippen LogP contribution in [0.5, 0.6) is 0 Å². The molecule has 1 atom stereocenters. The summed E-state index contributed by atoms with van der Waals surface area (Å²) in [4.78, 5) is 14.6. The van der Waals surface area contributed by atoms with Gasteiger partial charge in [-0.3, -0.25) is 4.79 Å². The van der Waals surface area contributed by atoms with Gasteiger partial charge in [-0.15, -0.1) is 23.5 Å². The van der Waals surface area contributed by atoms with Gasteiger partial charge in [0.15, 0.2) is 0 Å². The molecule has 5 heteroatoms. The molecule has 1 aliphatic heterocycles. The smallest absolute Gasteiger partial charge is 0.244 e. The molecule has 1 heterocycles. The first kappa shape index (κ1) is 21.0. The number of nitrogens with zero attached hydrogens (tertiary/aromatic N) is 1. The number of halogens is 1. The van der Waals surface area contributed by atoms with Crippen molar-refractivity contribution in [1.29, 1.82) is 0 Å². The zero-order valence-corrected chi connectivity index (χ0v) is 18.0. The summed E-state index contributed by atoms with van der Waals surface area (Å²) in [5.41, 5.74) is 3.90. The topological polar surface area (TPSA) is 20.3 Å². The highest BCUT2D eigenvalue weighted by molar-refractivity contribution is 8.17. The van der Waals surface area contributed by atoms with Crippen LogP contribution >= 0.6 is 35.1 Å². The Kier molecular flexibility index (Phi) is 9.01. The van der Waals surface area contributed by atoms with Crippen LogP contribution in [0.4, 0.5) is 5.69 Å². The van der Waals surface area contributed by atoms with Crippen molar-refractivity contribution in [2.24, 2.45) is 0 Å². The minimum absolute atomic E-state index is 0.222. The molecule has 1 aliphatic rings. The van der Waals surface area contributed by atoms with Crippen molar-refractivity contribution >= 4 is 46.1 Å². The Balaban J connectivity index is 2.44. The molecule has 0 amide bonds. The number of hydrogen-bond donors (Lipinski definition) is 0. The van der Waals surface area contributed by atoms with Gasteiger partial charge in [-0.05, 0) is 59.9 Å². The molecule has 1 aromatic rings. The van der Waals surface area contributed by atoms with E-state index in [0.717, 1.165) is 32.2 Å². The van der Waals surface area contributed by atoms with Crippen LogP contribution in [0, 0.1) is 0 Å². The van der Waals surface area contributed by atoms with Gasteiger partial charge in [0, 0.05) is 12.2 Å². The minimum atomic E-state index is -0.229. The summed E-state index contributed by atoms with van der Waals surface area (Å²) in [6, 6.07) is 6.31. The predicted molar refractivity (Wildman–Crippen MR) is 115 cm³/mol. The van der Waals surface area contributed by atoms with Crippen molar-refractivity contribution in [3.63, 3.8) is 0 Å². The fraction of sp³-hybridized carbons (Fsp3) is 0.650. The molecule has 0 aromatic heterocycles. The Morgan fingerprint density at radius 3 is 2.28 bits per heavy atom. The second kappa shape index (κ2) is 10.7. The zero-order chi connectivity index (χ0) is 18.2. The van der Waals surface area contributed by atoms with E-state index >= 15 is 0 Å². The summed E-state index contributed by atoms with van der Waals surface area (Å²) in [5.74, 6) is 2.43. The predicted octanol–water partition coefficient (Wildman–Crippen LogP) is 5.75. The Labute approximate surface area is 166 Å². The molecule has 0 saturated carbocycles. The van der Waals surface area contributed by atoms with Gasteiger partial charge < -0.3 is 4.90 Å². The molecule has 0 N–H and O–H groups in total. The second-order valence-corrected chi connectivity index (χ2v) is 9.71. The Hall–Kier alpha value is -0.320. The minimum Gasteiger partial charge on any atom is -0.358 e. The van der Waals surface area contributed by atoms with Crippen molar-refractivity contribution in [3.05, 3.63) is 29.3 Å². The lowest BCUT2D eigenvalue weighted by Gasteiger charge is -2.37. The average molecular weight is 400 g/mol. The highest BCUT2D eigenvalue weighted by Crippen LogP contribution is 2.36. The summed E-state index contributed by atoms with van der Waals surface area (Å²) in [5, 5.41) is -0.222. The van der Waals surface area contributed by atoms with Crippen molar-refractivity contribution in [1.82, 2.24) is 0 Å². The van der Waals surface area contributed by atoms with Crippen molar-refractivity contribution < 1.29 is 4.79 Å². The molecule has 0 spiro atoms. The number of carbonyl (C=O) groups is 1. The number of para-hydroxylation sites is 1. The molecule has 2 nitrogen and oxygen atoms in total. The van der Waals surface area contributed by atoms with E-state index in [4.69, 9.17) is 11.6 Å². The molecular weight excluding hydrogens is 370 g/mol. The lowest BCUT2D eigenvalue weighted by molar-refractivity contribution is -0.113. The molecule has 25 heavy (non-hydrogen) atoms. The number of benzene rings is 1. The number of rotatable bonds is 9. The first-order valence-electron chi connectivity index (χ1n) is 9.42. The molecular formula is C20H30ClNOS2. The molecule has 1 fully saturated rings. The van der Waals surface area contributed by atoms with E-state index < -0.39 is 0 Å². The van der Waals surface area contributed by atoms with Crippen molar-refractivity contribution in [3.8, 4) is 0 Å². The van der Waals surface area contributed by atoms with E-state index in [2.05, 4.69) is 43.9 Å². The maximum Gasteiger partial charge on any atom is 0.244 e. The Morgan fingerprint density at radius 2 is 1.80 bits per heavy atom. The lowest BCUT2D eigenvalue weighted by Crippen LogP contribution is -2.44. The van der Waals surface area contributed by atoms with E-state index in [1.54, 1.807) is 0 Å². The molecule has 0 bridgehead atoms. The zero-order valence-electron chi connectivity index (χ0n) is 15.6. The Morgan fingerprint density at radius 1 is 1.20 bits per heavy atom. The van der Waals surface area contributed by atoms with Gasteiger partial charge in [0.25, 0.3) is 0 Å². The van der Waals surface area contributed by atoms with Crippen LogP contribution in [0.1, 0.15) is 51.2 Å². The molecule has 0 radical (unpaired) electrons. The van der Waals surface area contributed by atoms with Crippen LogP contribution in [-0.4, -0.2) is 33.9 Å². The highest BCUT2D eigenvalue weighted by atomic mass is 35.5. The molecule has 1 unspecified atom stereocenters. The third-order valence-electron chi connectivity index (χ3n) is 4.69. The maximum absolute atomic E-state index is 12.3. The molecule has 1 aromatic carbocycles. The van der Waals surface area contributed by atoms with E-state index in [1.807, 2.05) is 23.5 Å². The second-order valence-electron chi connectivity index (χ2n) is 6.42. The van der Waals surface area contributed by atoms with E-state index in [1.165, 1.54) is 34.7 Å². The largest absolute Gasteiger partial charge is 0.358 e. The van der Waals surface area contributed by atoms with Gasteiger partial charge in [0.2, 0.25) is 5.24 Å². The van der Waals surface area contributed by atoms with Crippen LogP contribution < -0.4 is 4.90 Å². The van der Waals surface area contributed by atoms with Crippen LogP contribution in [0.15, 0.2) is 18.2 Å². The number of carbonyl (C=O) groups excluding carboxylic acids is 1. The molecule has 140 valence electrons. The molecule has 2 rings (SSSR count). The van der Waals surface area contributed by atoms with Gasteiger partial charge in [-0.1, -0.05) is 45.4 Å². The first-order chi connectivity index (χ1) is 12.1. The average Bonchev–Trinajstić information content (AvgIpc) is 2.64. The van der Waals surface area contributed by atoms with Crippen molar-refractivity contribution in [2.75, 3.05) is 23.0 Å². The molecule has 1 saturated heterocycles. The van der Waals surface area contributed by atoms with Gasteiger partial charge >= 0.3 is 0 Å².